The highest BCUT2D eigenvalue weighted by Crippen LogP contribution is 2.13. The van der Waals surface area contributed by atoms with Crippen LogP contribution in [0.5, 0.6) is 0 Å². The fraction of sp³-hybridized carbons (Fsp3) is 0.333. The van der Waals surface area contributed by atoms with E-state index in [9.17, 15) is 4.79 Å². The highest BCUT2D eigenvalue weighted by Gasteiger charge is 2.08. The molecule has 0 aliphatic carbocycles. The molecule has 1 amide bonds. The number of carbonyl (C=O) groups excluding carboxylic acids is 1. The summed E-state index contributed by atoms with van der Waals surface area (Å²) in [6.07, 6.45) is 0. The van der Waals surface area contributed by atoms with Crippen molar-refractivity contribution in [1.29, 1.82) is 0 Å². The molecule has 4 nitrogen and oxygen atoms in total. The monoisotopic (exact) mass is 217 g/mol. The molecule has 1 aromatic carbocycles. The second-order valence-corrected chi connectivity index (χ2v) is 4.18. The molecule has 0 atom stereocenters. The number of nitrogens with zero attached hydrogens (tertiary/aromatic N) is 1. The minimum absolute atomic E-state index is 0.0517. The van der Waals surface area contributed by atoms with E-state index in [1.807, 2.05) is 32.9 Å². The predicted molar refractivity (Wildman–Crippen MR) is 63.4 cm³/mol. The second kappa shape index (κ2) is 3.96. The molecule has 16 heavy (non-hydrogen) atoms. The van der Waals surface area contributed by atoms with Crippen molar-refractivity contribution in [2.75, 3.05) is 0 Å². The molecule has 0 bridgehead atoms. The molecule has 2 aromatic rings. The molecule has 0 spiro atoms. The third-order valence-corrected chi connectivity index (χ3v) is 2.28. The van der Waals surface area contributed by atoms with Crippen molar-refractivity contribution in [2.45, 2.75) is 26.8 Å². The largest absolute Gasteiger partial charge is 0.350 e. The maximum atomic E-state index is 11.8. The van der Waals surface area contributed by atoms with E-state index in [2.05, 4.69) is 15.3 Å². The van der Waals surface area contributed by atoms with Gasteiger partial charge in [-0.3, -0.25) is 4.79 Å². The number of hydrogen-bond acceptors (Lipinski definition) is 2. The summed E-state index contributed by atoms with van der Waals surface area (Å²) >= 11 is 0. The Kier molecular flexibility index (Phi) is 2.64. The average Bonchev–Trinajstić information content (AvgIpc) is 2.55. The second-order valence-electron chi connectivity index (χ2n) is 4.18. The Morgan fingerprint density at radius 2 is 2.19 bits per heavy atom. The number of aryl methyl sites for hydroxylation is 1. The molecule has 0 radical (unpaired) electrons. The number of amides is 1. The van der Waals surface area contributed by atoms with E-state index in [0.717, 1.165) is 16.9 Å². The molecule has 0 aliphatic rings. The lowest BCUT2D eigenvalue weighted by atomic mass is 10.2. The first-order valence-corrected chi connectivity index (χ1v) is 5.33. The first-order chi connectivity index (χ1) is 7.56. The van der Waals surface area contributed by atoms with Gasteiger partial charge in [-0.1, -0.05) is 0 Å². The number of benzene rings is 1. The lowest BCUT2D eigenvalue weighted by Crippen LogP contribution is -2.29. The van der Waals surface area contributed by atoms with Gasteiger partial charge in [-0.2, -0.15) is 0 Å². The predicted octanol–water partition coefficient (Wildman–Crippen LogP) is 2.01. The number of hydrogen-bond donors (Lipinski definition) is 2. The van der Waals surface area contributed by atoms with E-state index in [1.54, 1.807) is 6.07 Å². The number of aromatic nitrogens is 2. The lowest BCUT2D eigenvalue weighted by molar-refractivity contribution is 0.0943. The van der Waals surface area contributed by atoms with Gasteiger partial charge in [0.05, 0.1) is 11.0 Å². The molecule has 4 heteroatoms. The Bertz CT molecular complexity index is 528. The third kappa shape index (κ3) is 2.05. The Hall–Kier alpha value is -1.84. The van der Waals surface area contributed by atoms with Gasteiger partial charge in [0.25, 0.3) is 5.91 Å². The zero-order valence-electron chi connectivity index (χ0n) is 9.66. The van der Waals surface area contributed by atoms with Crippen LogP contribution in [0.15, 0.2) is 18.2 Å². The zero-order chi connectivity index (χ0) is 11.7. The lowest BCUT2D eigenvalue weighted by Gasteiger charge is -2.07. The molecule has 2 N–H and O–H groups in total. The van der Waals surface area contributed by atoms with Crippen molar-refractivity contribution in [3.63, 3.8) is 0 Å². The summed E-state index contributed by atoms with van der Waals surface area (Å²) in [5.74, 6) is 0.806. The Morgan fingerprint density at radius 3 is 2.88 bits per heavy atom. The summed E-state index contributed by atoms with van der Waals surface area (Å²) in [6, 6.07) is 5.62. The van der Waals surface area contributed by atoms with Gasteiger partial charge in [0.1, 0.15) is 5.82 Å². The van der Waals surface area contributed by atoms with E-state index in [-0.39, 0.29) is 11.9 Å². The van der Waals surface area contributed by atoms with Gasteiger partial charge in [0, 0.05) is 11.6 Å². The molecule has 1 heterocycles. The van der Waals surface area contributed by atoms with Gasteiger partial charge < -0.3 is 10.3 Å². The summed E-state index contributed by atoms with van der Waals surface area (Å²) in [6.45, 7) is 5.78. The molecular formula is C12H15N3O. The van der Waals surface area contributed by atoms with Crippen LogP contribution in [0.25, 0.3) is 11.0 Å². The fourth-order valence-corrected chi connectivity index (χ4v) is 1.62. The van der Waals surface area contributed by atoms with Crippen molar-refractivity contribution < 1.29 is 4.79 Å². The number of nitrogens with one attached hydrogen (secondary N) is 2. The first kappa shape index (κ1) is 10.7. The van der Waals surface area contributed by atoms with Crippen molar-refractivity contribution in [2.24, 2.45) is 0 Å². The van der Waals surface area contributed by atoms with Gasteiger partial charge in [0.15, 0.2) is 0 Å². The number of carbonyl (C=O) groups is 1. The number of imidazole rings is 1. The molecule has 2 rings (SSSR count). The Morgan fingerprint density at radius 1 is 1.44 bits per heavy atom. The van der Waals surface area contributed by atoms with Crippen LogP contribution in [0.4, 0.5) is 0 Å². The Labute approximate surface area is 94.1 Å². The number of H-pyrrole nitrogens is 1. The fourth-order valence-electron chi connectivity index (χ4n) is 1.62. The maximum Gasteiger partial charge on any atom is 0.251 e. The maximum absolute atomic E-state index is 11.8. The summed E-state index contributed by atoms with van der Waals surface area (Å²) < 4.78 is 0. The van der Waals surface area contributed by atoms with Crippen molar-refractivity contribution in [3.8, 4) is 0 Å². The molecule has 0 fully saturated rings. The van der Waals surface area contributed by atoms with Crippen molar-refractivity contribution in [3.05, 3.63) is 29.6 Å². The minimum atomic E-state index is -0.0517. The normalized spacial score (nSPS) is 11.0. The van der Waals surface area contributed by atoms with Gasteiger partial charge in [-0.25, -0.2) is 4.98 Å². The highest BCUT2D eigenvalue weighted by atomic mass is 16.1. The van der Waals surface area contributed by atoms with Crippen molar-refractivity contribution >= 4 is 16.9 Å². The summed E-state index contributed by atoms with van der Waals surface area (Å²) in [5, 5.41) is 2.86. The van der Waals surface area contributed by atoms with Gasteiger partial charge in [-0.05, 0) is 39.0 Å². The highest BCUT2D eigenvalue weighted by molar-refractivity contribution is 5.97. The van der Waals surface area contributed by atoms with Gasteiger partial charge >= 0.3 is 0 Å². The standard InChI is InChI=1S/C12H15N3O/c1-7(2)13-12(16)9-4-5-10-11(6-9)15-8(3)14-10/h4-7H,1-3H3,(H,13,16)(H,14,15). The number of aromatic amines is 1. The topological polar surface area (TPSA) is 57.8 Å². The van der Waals surface area contributed by atoms with E-state index in [1.165, 1.54) is 0 Å². The van der Waals surface area contributed by atoms with E-state index >= 15 is 0 Å². The van der Waals surface area contributed by atoms with Crippen LogP contribution in [0.3, 0.4) is 0 Å². The molecule has 0 saturated heterocycles. The summed E-state index contributed by atoms with van der Waals surface area (Å²) in [5.41, 5.74) is 2.44. The van der Waals surface area contributed by atoms with Crippen LogP contribution < -0.4 is 5.32 Å². The molecular weight excluding hydrogens is 202 g/mol. The van der Waals surface area contributed by atoms with Gasteiger partial charge in [0.2, 0.25) is 0 Å². The van der Waals surface area contributed by atoms with E-state index in [4.69, 9.17) is 0 Å². The SMILES string of the molecule is Cc1nc2ccc(C(=O)NC(C)C)cc2[nH]1. The van der Waals surface area contributed by atoms with Crippen LogP contribution in [-0.4, -0.2) is 21.9 Å². The number of fused-ring (bicyclic) bond motifs is 1. The van der Waals surface area contributed by atoms with Crippen LogP contribution in [-0.2, 0) is 0 Å². The smallest absolute Gasteiger partial charge is 0.251 e. The summed E-state index contributed by atoms with van der Waals surface area (Å²) in [7, 11) is 0. The van der Waals surface area contributed by atoms with E-state index < -0.39 is 0 Å². The summed E-state index contributed by atoms with van der Waals surface area (Å²) in [4.78, 5) is 19.2. The van der Waals surface area contributed by atoms with Crippen LogP contribution in [0.2, 0.25) is 0 Å². The molecule has 0 aliphatic heterocycles. The molecule has 84 valence electrons. The first-order valence-electron chi connectivity index (χ1n) is 5.33. The molecule has 0 saturated carbocycles. The van der Waals surface area contributed by atoms with E-state index in [0.29, 0.717) is 5.56 Å². The third-order valence-electron chi connectivity index (χ3n) is 2.28. The van der Waals surface area contributed by atoms with Crippen molar-refractivity contribution in [1.82, 2.24) is 15.3 Å². The van der Waals surface area contributed by atoms with Gasteiger partial charge in [-0.15, -0.1) is 0 Å². The van der Waals surface area contributed by atoms with Crippen LogP contribution in [0, 0.1) is 6.92 Å². The Balaban J connectivity index is 2.35. The minimum Gasteiger partial charge on any atom is -0.350 e. The average molecular weight is 217 g/mol. The molecule has 0 unspecified atom stereocenters. The van der Waals surface area contributed by atoms with Crippen LogP contribution >= 0.6 is 0 Å². The zero-order valence-corrected chi connectivity index (χ0v) is 9.66. The molecule has 1 aromatic heterocycles. The quantitative estimate of drug-likeness (QED) is 0.808. The van der Waals surface area contributed by atoms with Crippen LogP contribution in [0.1, 0.15) is 30.0 Å². The number of rotatable bonds is 2.